The number of benzene rings is 1. The zero-order chi connectivity index (χ0) is 23.4. The number of hydrogen-bond acceptors (Lipinski definition) is 8. The van der Waals surface area contributed by atoms with Crippen LogP contribution in [0.25, 0.3) is 5.57 Å². The first-order valence-corrected chi connectivity index (χ1v) is 9.88. The van der Waals surface area contributed by atoms with Gasteiger partial charge in [-0.05, 0) is 31.9 Å². The molecule has 0 aliphatic carbocycles. The van der Waals surface area contributed by atoms with Crippen LogP contribution in [0.5, 0.6) is 5.88 Å². The molecule has 0 aliphatic rings. The van der Waals surface area contributed by atoms with Gasteiger partial charge in [-0.15, -0.1) is 0 Å². The first-order chi connectivity index (χ1) is 14.9. The number of nitrogens with zero attached hydrogens (tertiary/aromatic N) is 3. The molecule has 8 heteroatoms. The van der Waals surface area contributed by atoms with E-state index in [1.165, 1.54) is 27.6 Å². The predicted molar refractivity (Wildman–Crippen MR) is 120 cm³/mol. The van der Waals surface area contributed by atoms with Crippen LogP contribution in [0.4, 0.5) is 0 Å². The highest BCUT2D eigenvalue weighted by Crippen LogP contribution is 2.24. The molecule has 1 aromatic heterocycles. The van der Waals surface area contributed by atoms with Crippen LogP contribution in [0.3, 0.4) is 0 Å². The fourth-order valence-electron chi connectivity index (χ4n) is 2.78. The molecule has 0 saturated heterocycles. The molecular weight excluding hydrogens is 398 g/mol. The Kier molecular flexibility index (Phi) is 10.7. The Hall–Kier alpha value is -3.42. The van der Waals surface area contributed by atoms with Crippen molar-refractivity contribution in [3.8, 4) is 5.88 Å². The van der Waals surface area contributed by atoms with Gasteiger partial charge in [0.2, 0.25) is 5.88 Å². The molecule has 0 N–H and O–H groups in total. The summed E-state index contributed by atoms with van der Waals surface area (Å²) in [6, 6.07) is 7.36. The molecule has 31 heavy (non-hydrogen) atoms. The largest absolute Gasteiger partial charge is 0.503 e. The summed E-state index contributed by atoms with van der Waals surface area (Å²) in [5.41, 5.74) is 3.75. The summed E-state index contributed by atoms with van der Waals surface area (Å²) >= 11 is 0. The van der Waals surface area contributed by atoms with E-state index >= 15 is 0 Å². The number of carbonyl (C=O) groups is 1. The molecule has 1 aromatic carbocycles. The van der Waals surface area contributed by atoms with E-state index in [0.717, 1.165) is 11.1 Å². The highest BCUT2D eigenvalue weighted by molar-refractivity contribution is 6.16. The Balaban J connectivity index is 0.00000233. The quantitative estimate of drug-likeness (QED) is 0.204. The monoisotopic (exact) mass is 429 g/mol. The van der Waals surface area contributed by atoms with Crippen LogP contribution in [0.2, 0.25) is 0 Å². The lowest BCUT2D eigenvalue weighted by Gasteiger charge is -2.15. The van der Waals surface area contributed by atoms with Gasteiger partial charge in [-0.2, -0.15) is 4.98 Å². The van der Waals surface area contributed by atoms with Crippen molar-refractivity contribution in [1.82, 2.24) is 9.97 Å². The molecule has 0 atom stereocenters. The lowest BCUT2D eigenvalue weighted by Crippen LogP contribution is -2.11. The molecule has 2 aromatic rings. The summed E-state index contributed by atoms with van der Waals surface area (Å²) in [4.78, 5) is 25.8. The van der Waals surface area contributed by atoms with E-state index in [1.54, 1.807) is 19.9 Å². The van der Waals surface area contributed by atoms with Crippen LogP contribution < -0.4 is 4.74 Å². The third kappa shape index (κ3) is 6.80. The van der Waals surface area contributed by atoms with E-state index < -0.39 is 5.97 Å². The Bertz CT molecular complexity index is 939. The van der Waals surface area contributed by atoms with Gasteiger partial charge in [-0.1, -0.05) is 43.3 Å². The fraction of sp³-hybridized carbons (Fsp3) is 0.391. The van der Waals surface area contributed by atoms with Crippen LogP contribution in [-0.2, 0) is 25.7 Å². The van der Waals surface area contributed by atoms with Gasteiger partial charge in [0.15, 0.2) is 0 Å². The second-order valence-corrected chi connectivity index (χ2v) is 6.11. The van der Waals surface area contributed by atoms with Crippen LogP contribution in [0.15, 0.2) is 35.7 Å². The molecule has 168 valence electrons. The molecule has 1 heterocycles. The van der Waals surface area contributed by atoms with Crippen LogP contribution in [0.1, 0.15) is 49.0 Å². The summed E-state index contributed by atoms with van der Waals surface area (Å²) in [7, 11) is 4.28. The Morgan fingerprint density at radius 2 is 1.77 bits per heavy atom. The van der Waals surface area contributed by atoms with Crippen molar-refractivity contribution in [3.63, 3.8) is 0 Å². The van der Waals surface area contributed by atoms with Crippen molar-refractivity contribution in [1.29, 1.82) is 0 Å². The number of rotatable bonds is 8. The van der Waals surface area contributed by atoms with Crippen molar-refractivity contribution in [2.24, 2.45) is 5.16 Å². The maximum absolute atomic E-state index is 12.2. The molecular formula is C23H31N3O5. The minimum absolute atomic E-state index is 0.186. The van der Waals surface area contributed by atoms with Gasteiger partial charge < -0.3 is 19.0 Å². The number of carbonyl (C=O) groups excluding carboxylic acids is 1. The summed E-state index contributed by atoms with van der Waals surface area (Å²) in [5, 5.41) is 3.94. The topological polar surface area (TPSA) is 92.1 Å². The first kappa shape index (κ1) is 25.6. The van der Waals surface area contributed by atoms with E-state index in [4.69, 9.17) is 19.0 Å². The number of aryl methyl sites for hydroxylation is 1. The second-order valence-electron chi connectivity index (χ2n) is 6.11. The molecule has 0 fully saturated rings. The number of oxime groups is 1. The number of aromatic nitrogens is 2. The molecule has 0 radical (unpaired) electrons. The predicted octanol–water partition coefficient (Wildman–Crippen LogP) is 4.23. The van der Waals surface area contributed by atoms with Crippen molar-refractivity contribution >= 4 is 17.3 Å². The van der Waals surface area contributed by atoms with Gasteiger partial charge in [0.25, 0.3) is 0 Å². The SMILES string of the molecule is CC.CO/C=C(\C(=O)OC)c1ccccc1COc1nc(C)nc(/C(C)=N\OC)c1C. The molecule has 0 spiro atoms. The van der Waals surface area contributed by atoms with Crippen molar-refractivity contribution in [2.75, 3.05) is 21.3 Å². The average molecular weight is 430 g/mol. The van der Waals surface area contributed by atoms with E-state index in [1.807, 2.05) is 39.0 Å². The zero-order valence-corrected chi connectivity index (χ0v) is 19.5. The van der Waals surface area contributed by atoms with Gasteiger partial charge in [-0.3, -0.25) is 0 Å². The Morgan fingerprint density at radius 1 is 1.10 bits per heavy atom. The van der Waals surface area contributed by atoms with Crippen molar-refractivity contribution < 1.29 is 23.8 Å². The van der Waals surface area contributed by atoms with Crippen molar-refractivity contribution in [3.05, 3.63) is 58.7 Å². The zero-order valence-electron chi connectivity index (χ0n) is 19.5. The minimum atomic E-state index is -0.498. The van der Waals surface area contributed by atoms with Crippen molar-refractivity contribution in [2.45, 2.75) is 41.2 Å². The van der Waals surface area contributed by atoms with Gasteiger partial charge in [0.05, 0.1) is 26.2 Å². The number of ether oxygens (including phenoxy) is 3. The third-order valence-corrected chi connectivity index (χ3v) is 4.10. The summed E-state index contributed by atoms with van der Waals surface area (Å²) in [6.07, 6.45) is 1.35. The maximum atomic E-state index is 12.2. The third-order valence-electron chi connectivity index (χ3n) is 4.10. The maximum Gasteiger partial charge on any atom is 0.341 e. The lowest BCUT2D eigenvalue weighted by molar-refractivity contribution is -0.133. The minimum Gasteiger partial charge on any atom is -0.503 e. The highest BCUT2D eigenvalue weighted by Gasteiger charge is 2.18. The normalized spacial score (nSPS) is 11.2. The van der Waals surface area contributed by atoms with Crippen LogP contribution >= 0.6 is 0 Å². The molecule has 8 nitrogen and oxygen atoms in total. The summed E-state index contributed by atoms with van der Waals surface area (Å²) in [5.74, 6) is 0.486. The standard InChI is InChI=1S/C21H25N3O5.C2H6/c1-13-19(14(2)24-28-6)22-15(3)23-20(13)29-11-16-9-7-8-10-17(16)18(12-26-4)21(25)27-5;1-2/h7-10,12H,11H2,1-6H3;1-2H3/b18-12-,24-14-;. The molecule has 0 unspecified atom stereocenters. The Morgan fingerprint density at radius 3 is 2.39 bits per heavy atom. The van der Waals surface area contributed by atoms with E-state index in [9.17, 15) is 4.79 Å². The first-order valence-electron chi connectivity index (χ1n) is 9.88. The van der Waals surface area contributed by atoms with E-state index in [2.05, 4.69) is 15.1 Å². The number of esters is 1. The van der Waals surface area contributed by atoms with Gasteiger partial charge >= 0.3 is 5.97 Å². The van der Waals surface area contributed by atoms with Gasteiger partial charge in [0.1, 0.15) is 30.8 Å². The summed E-state index contributed by atoms with van der Waals surface area (Å²) in [6.45, 7) is 9.62. The molecule has 0 bridgehead atoms. The van der Waals surface area contributed by atoms with Gasteiger partial charge in [0, 0.05) is 5.56 Å². The molecule has 0 aliphatic heterocycles. The number of methoxy groups -OCH3 is 2. The Labute approximate surface area is 183 Å². The molecule has 2 rings (SSSR count). The second kappa shape index (κ2) is 13.0. The summed E-state index contributed by atoms with van der Waals surface area (Å²) < 4.78 is 15.9. The highest BCUT2D eigenvalue weighted by atomic mass is 16.6. The smallest absolute Gasteiger partial charge is 0.341 e. The van der Waals surface area contributed by atoms with E-state index in [-0.39, 0.29) is 6.61 Å². The van der Waals surface area contributed by atoms with Gasteiger partial charge in [-0.25, -0.2) is 9.78 Å². The number of hydrogen-bond donors (Lipinski definition) is 0. The average Bonchev–Trinajstić information content (AvgIpc) is 2.79. The lowest BCUT2D eigenvalue weighted by atomic mass is 10.0. The molecule has 0 amide bonds. The van der Waals surface area contributed by atoms with Crippen LogP contribution in [-0.4, -0.2) is 43.0 Å². The van der Waals surface area contributed by atoms with E-state index in [0.29, 0.717) is 34.2 Å². The fourth-order valence-corrected chi connectivity index (χ4v) is 2.78. The van der Waals surface area contributed by atoms with Crippen LogP contribution in [0, 0.1) is 13.8 Å². The molecule has 0 saturated carbocycles.